The second-order valence-electron chi connectivity index (χ2n) is 6.28. The molecule has 1 aliphatic rings. The number of H-pyrrole nitrogens is 1. The topological polar surface area (TPSA) is 84.4 Å². The molecule has 0 amide bonds. The fourth-order valence-electron chi connectivity index (χ4n) is 2.33. The van der Waals surface area contributed by atoms with Crippen molar-refractivity contribution in [1.29, 1.82) is 0 Å². The van der Waals surface area contributed by atoms with E-state index >= 15 is 0 Å². The number of aliphatic carboxylic acids is 1. The van der Waals surface area contributed by atoms with E-state index in [-0.39, 0.29) is 12.2 Å². The smallest absolute Gasteiger partial charge is 0.466 e. The van der Waals surface area contributed by atoms with Crippen LogP contribution in [-0.2, 0) is 14.1 Å². The predicted molar refractivity (Wildman–Crippen MR) is 74.4 cm³/mol. The van der Waals surface area contributed by atoms with Crippen molar-refractivity contribution in [3.63, 3.8) is 0 Å². The molecule has 7 heteroatoms. The van der Waals surface area contributed by atoms with E-state index in [0.29, 0.717) is 0 Å². The molecule has 1 fully saturated rings. The Morgan fingerprint density at radius 2 is 1.95 bits per heavy atom. The van der Waals surface area contributed by atoms with Crippen LogP contribution in [0.3, 0.4) is 0 Å². The molecule has 1 aliphatic heterocycles. The molecule has 0 bridgehead atoms. The summed E-state index contributed by atoms with van der Waals surface area (Å²) >= 11 is 0. The lowest BCUT2D eigenvalue weighted by Crippen LogP contribution is -2.41. The highest BCUT2D eigenvalue weighted by Gasteiger charge is 2.54. The molecule has 2 heterocycles. The quantitative estimate of drug-likeness (QED) is 0.823. The van der Waals surface area contributed by atoms with Gasteiger partial charge in [0.25, 0.3) is 0 Å². The summed E-state index contributed by atoms with van der Waals surface area (Å²) in [6.45, 7) is 9.67. The summed E-state index contributed by atoms with van der Waals surface area (Å²) in [6.07, 6.45) is 1.59. The standard InChI is InChI=1S/C13H21BN2O4/c1-8-9(7-15-16-8)10(6-11(17)18)14-19-12(2,3)13(4,5)20-14/h7,10H,6H2,1-5H3,(H,15,16)(H,17,18). The molecule has 1 atom stereocenters. The Bertz CT molecular complexity index is 496. The van der Waals surface area contributed by atoms with Crippen molar-refractivity contribution in [3.05, 3.63) is 17.5 Å². The summed E-state index contributed by atoms with van der Waals surface area (Å²) < 4.78 is 12.0. The zero-order valence-corrected chi connectivity index (χ0v) is 12.6. The molecule has 1 aromatic heterocycles. The first-order chi connectivity index (χ1) is 9.14. The molecule has 110 valence electrons. The molecule has 0 saturated carbocycles. The number of aryl methyl sites for hydroxylation is 1. The first-order valence-corrected chi connectivity index (χ1v) is 6.71. The van der Waals surface area contributed by atoms with E-state index in [4.69, 9.17) is 14.4 Å². The molecule has 6 nitrogen and oxygen atoms in total. The number of aromatic amines is 1. The fraction of sp³-hybridized carbons (Fsp3) is 0.692. The van der Waals surface area contributed by atoms with Crippen molar-refractivity contribution in [1.82, 2.24) is 10.2 Å². The molecular formula is C13H21BN2O4. The lowest BCUT2D eigenvalue weighted by molar-refractivity contribution is -0.137. The van der Waals surface area contributed by atoms with Gasteiger partial charge in [0.2, 0.25) is 0 Å². The molecule has 1 unspecified atom stereocenters. The summed E-state index contributed by atoms with van der Waals surface area (Å²) in [7, 11) is -0.590. The van der Waals surface area contributed by atoms with Crippen LogP contribution < -0.4 is 0 Å². The number of hydrogen-bond acceptors (Lipinski definition) is 4. The molecule has 1 saturated heterocycles. The number of nitrogens with zero attached hydrogens (tertiary/aromatic N) is 1. The summed E-state index contributed by atoms with van der Waals surface area (Å²) in [5.74, 6) is -1.27. The Labute approximate surface area is 119 Å². The summed E-state index contributed by atoms with van der Waals surface area (Å²) in [6, 6.07) is 0. The largest absolute Gasteiger partial charge is 0.481 e. The number of aromatic nitrogens is 2. The van der Waals surface area contributed by atoms with Crippen molar-refractivity contribution in [2.75, 3.05) is 0 Å². The molecule has 0 spiro atoms. The van der Waals surface area contributed by atoms with Crippen LogP contribution in [0.15, 0.2) is 6.20 Å². The van der Waals surface area contributed by atoms with Crippen molar-refractivity contribution < 1.29 is 19.2 Å². The molecular weight excluding hydrogens is 259 g/mol. The Kier molecular flexibility index (Phi) is 3.68. The first kappa shape index (κ1) is 15.1. The predicted octanol–water partition coefficient (Wildman–Crippen LogP) is 1.91. The van der Waals surface area contributed by atoms with Gasteiger partial charge in [-0.1, -0.05) is 0 Å². The molecule has 2 N–H and O–H groups in total. The third-order valence-electron chi connectivity index (χ3n) is 4.26. The fourth-order valence-corrected chi connectivity index (χ4v) is 2.33. The van der Waals surface area contributed by atoms with E-state index in [1.807, 2.05) is 34.6 Å². The Hall–Kier alpha value is -1.34. The van der Waals surface area contributed by atoms with Gasteiger partial charge in [-0.05, 0) is 40.2 Å². The minimum absolute atomic E-state index is 0.0583. The highest BCUT2D eigenvalue weighted by Crippen LogP contribution is 2.41. The summed E-state index contributed by atoms with van der Waals surface area (Å²) in [5.41, 5.74) is 0.704. The Balaban J connectivity index is 2.30. The average molecular weight is 280 g/mol. The molecule has 0 aromatic carbocycles. The van der Waals surface area contributed by atoms with Crippen LogP contribution in [0.1, 0.15) is 51.2 Å². The van der Waals surface area contributed by atoms with Crippen LogP contribution in [0.2, 0.25) is 0 Å². The molecule has 2 rings (SSSR count). The van der Waals surface area contributed by atoms with Gasteiger partial charge in [0, 0.05) is 11.5 Å². The van der Waals surface area contributed by atoms with Crippen LogP contribution in [-0.4, -0.2) is 39.6 Å². The van der Waals surface area contributed by atoms with E-state index in [1.54, 1.807) is 6.20 Å². The van der Waals surface area contributed by atoms with Gasteiger partial charge in [-0.25, -0.2) is 0 Å². The minimum Gasteiger partial charge on any atom is -0.481 e. The van der Waals surface area contributed by atoms with Gasteiger partial charge in [-0.2, -0.15) is 5.10 Å². The average Bonchev–Trinajstić information content (AvgIpc) is 2.78. The van der Waals surface area contributed by atoms with Gasteiger partial charge < -0.3 is 14.4 Å². The second-order valence-corrected chi connectivity index (χ2v) is 6.28. The summed E-state index contributed by atoms with van der Waals surface area (Å²) in [5, 5.41) is 16.0. The zero-order valence-electron chi connectivity index (χ0n) is 12.6. The van der Waals surface area contributed by atoms with Gasteiger partial charge >= 0.3 is 13.1 Å². The number of carboxylic acid groups (broad SMARTS) is 1. The number of carbonyl (C=O) groups is 1. The Morgan fingerprint density at radius 3 is 2.35 bits per heavy atom. The lowest BCUT2D eigenvalue weighted by atomic mass is 9.66. The van der Waals surface area contributed by atoms with Crippen LogP contribution >= 0.6 is 0 Å². The van der Waals surface area contributed by atoms with Gasteiger partial charge in [-0.15, -0.1) is 0 Å². The van der Waals surface area contributed by atoms with E-state index in [2.05, 4.69) is 10.2 Å². The van der Waals surface area contributed by atoms with Crippen LogP contribution in [0.4, 0.5) is 0 Å². The van der Waals surface area contributed by atoms with Gasteiger partial charge in [0.05, 0.1) is 23.8 Å². The van der Waals surface area contributed by atoms with Crippen molar-refractivity contribution in [2.24, 2.45) is 0 Å². The first-order valence-electron chi connectivity index (χ1n) is 6.71. The van der Waals surface area contributed by atoms with E-state index < -0.39 is 24.3 Å². The number of rotatable bonds is 4. The summed E-state index contributed by atoms with van der Waals surface area (Å²) in [4.78, 5) is 11.2. The molecule has 1 aromatic rings. The second kappa shape index (κ2) is 4.89. The van der Waals surface area contributed by atoms with Crippen molar-refractivity contribution >= 4 is 13.1 Å². The monoisotopic (exact) mass is 280 g/mol. The Morgan fingerprint density at radius 1 is 1.40 bits per heavy atom. The van der Waals surface area contributed by atoms with Crippen molar-refractivity contribution in [3.8, 4) is 0 Å². The highest BCUT2D eigenvalue weighted by molar-refractivity contribution is 6.48. The van der Waals surface area contributed by atoms with Crippen LogP contribution in [0, 0.1) is 6.92 Å². The minimum atomic E-state index is -0.884. The SMILES string of the molecule is Cc1[nH]ncc1C(CC(=O)O)B1OC(C)(C)C(C)(C)O1. The van der Waals surface area contributed by atoms with Gasteiger partial charge in [0.15, 0.2) is 0 Å². The zero-order chi connectivity index (χ0) is 15.1. The maximum Gasteiger partial charge on any atom is 0.466 e. The maximum atomic E-state index is 11.2. The highest BCUT2D eigenvalue weighted by atomic mass is 16.7. The number of carboxylic acids is 1. The number of hydrogen-bond donors (Lipinski definition) is 2. The van der Waals surface area contributed by atoms with Crippen molar-refractivity contribution in [2.45, 2.75) is 58.1 Å². The van der Waals surface area contributed by atoms with E-state index in [1.165, 1.54) is 0 Å². The third-order valence-corrected chi connectivity index (χ3v) is 4.26. The molecule has 0 aliphatic carbocycles. The molecule has 20 heavy (non-hydrogen) atoms. The lowest BCUT2D eigenvalue weighted by Gasteiger charge is -2.32. The van der Waals surface area contributed by atoms with E-state index in [0.717, 1.165) is 11.3 Å². The maximum absolute atomic E-state index is 11.2. The number of nitrogens with one attached hydrogen (secondary N) is 1. The van der Waals surface area contributed by atoms with E-state index in [9.17, 15) is 4.79 Å². The van der Waals surface area contributed by atoms with Crippen LogP contribution in [0.25, 0.3) is 0 Å². The van der Waals surface area contributed by atoms with Crippen LogP contribution in [0.5, 0.6) is 0 Å². The van der Waals surface area contributed by atoms with Gasteiger partial charge in [0.1, 0.15) is 0 Å². The third kappa shape index (κ3) is 2.60. The molecule has 0 radical (unpaired) electrons. The normalized spacial score (nSPS) is 21.9. The van der Waals surface area contributed by atoms with Gasteiger partial charge in [-0.3, -0.25) is 9.89 Å².